The van der Waals surface area contributed by atoms with E-state index >= 15 is 0 Å². The average molecular weight is 295 g/mol. The second kappa shape index (κ2) is 6.08. The van der Waals surface area contributed by atoms with E-state index in [9.17, 15) is 4.79 Å². The molecule has 5 heteroatoms. The Kier molecular flexibility index (Phi) is 4.45. The lowest BCUT2D eigenvalue weighted by Crippen LogP contribution is -2.18. The molecule has 0 atom stereocenters. The molecule has 1 aromatic heterocycles. The lowest BCUT2D eigenvalue weighted by atomic mass is 10.2. The second-order valence-electron chi connectivity index (χ2n) is 4.15. The Bertz CT molecular complexity index is 595. The first-order valence-corrected chi connectivity index (χ1v) is 7.16. The van der Waals surface area contributed by atoms with Crippen molar-refractivity contribution in [3.8, 4) is 0 Å². The van der Waals surface area contributed by atoms with Crippen LogP contribution in [0.3, 0.4) is 0 Å². The molecule has 2 N–H and O–H groups in total. The Balaban J connectivity index is 2.13. The highest BCUT2D eigenvalue weighted by molar-refractivity contribution is 7.10. The van der Waals surface area contributed by atoms with Gasteiger partial charge in [-0.05, 0) is 42.1 Å². The van der Waals surface area contributed by atoms with Gasteiger partial charge in [-0.1, -0.05) is 11.6 Å². The summed E-state index contributed by atoms with van der Waals surface area (Å²) in [5, 5.41) is 8.41. The number of rotatable bonds is 4. The minimum absolute atomic E-state index is 0.180. The van der Waals surface area contributed by atoms with Gasteiger partial charge in [0.1, 0.15) is 0 Å². The van der Waals surface area contributed by atoms with Crippen LogP contribution in [0, 0.1) is 6.92 Å². The average Bonchev–Trinajstić information content (AvgIpc) is 2.82. The molecule has 0 spiro atoms. The van der Waals surface area contributed by atoms with Crippen molar-refractivity contribution in [1.29, 1.82) is 0 Å². The van der Waals surface area contributed by atoms with E-state index in [1.54, 1.807) is 30.5 Å². The largest absolute Gasteiger partial charge is 0.380 e. The molecule has 1 heterocycles. The summed E-state index contributed by atoms with van der Waals surface area (Å²) in [6.45, 7) is 2.84. The van der Waals surface area contributed by atoms with E-state index < -0.39 is 0 Å². The first-order valence-electron chi connectivity index (χ1n) is 5.90. The van der Waals surface area contributed by atoms with Crippen molar-refractivity contribution in [1.82, 2.24) is 5.32 Å². The van der Waals surface area contributed by atoms with Crippen molar-refractivity contribution in [3.63, 3.8) is 0 Å². The van der Waals surface area contributed by atoms with Gasteiger partial charge < -0.3 is 10.6 Å². The first kappa shape index (κ1) is 13.9. The Hall–Kier alpha value is -1.52. The molecule has 0 bridgehead atoms. The van der Waals surface area contributed by atoms with Crippen LogP contribution in [0.4, 0.5) is 5.69 Å². The Morgan fingerprint density at radius 3 is 2.79 bits per heavy atom. The molecular formula is C14H15ClN2OS. The first-order chi connectivity index (χ1) is 9.11. The number of amides is 1. The van der Waals surface area contributed by atoms with Crippen molar-refractivity contribution in [3.05, 3.63) is 50.7 Å². The highest BCUT2D eigenvalue weighted by atomic mass is 35.5. The van der Waals surface area contributed by atoms with Gasteiger partial charge in [-0.3, -0.25) is 4.79 Å². The quantitative estimate of drug-likeness (QED) is 0.903. The maximum absolute atomic E-state index is 11.7. The molecule has 0 aliphatic heterocycles. The molecule has 0 radical (unpaired) electrons. The molecule has 0 fully saturated rings. The number of hydrogen-bond donors (Lipinski definition) is 2. The number of halogens is 1. The number of carbonyl (C=O) groups excluding carboxylic acids is 1. The minimum Gasteiger partial charge on any atom is -0.380 e. The van der Waals surface area contributed by atoms with Crippen LogP contribution in [0.2, 0.25) is 5.02 Å². The molecule has 1 aromatic carbocycles. The zero-order chi connectivity index (χ0) is 13.8. The summed E-state index contributed by atoms with van der Waals surface area (Å²) in [5.74, 6) is -0.180. The summed E-state index contributed by atoms with van der Waals surface area (Å²) >= 11 is 7.73. The predicted molar refractivity (Wildman–Crippen MR) is 81.2 cm³/mol. The standard InChI is InChI=1S/C14H15ClN2OS/c1-9-5-6-19-13(9)8-17-10-3-4-12(15)11(7-10)14(18)16-2/h3-7,17H,8H2,1-2H3,(H,16,18). The molecule has 2 aromatic rings. The van der Waals surface area contributed by atoms with Gasteiger partial charge in [0.2, 0.25) is 0 Å². The highest BCUT2D eigenvalue weighted by Crippen LogP contribution is 2.22. The van der Waals surface area contributed by atoms with Crippen molar-refractivity contribution in [2.45, 2.75) is 13.5 Å². The molecule has 3 nitrogen and oxygen atoms in total. The maximum Gasteiger partial charge on any atom is 0.252 e. The Morgan fingerprint density at radius 2 is 2.16 bits per heavy atom. The van der Waals surface area contributed by atoms with Crippen LogP contribution < -0.4 is 10.6 Å². The summed E-state index contributed by atoms with van der Waals surface area (Å²) in [6.07, 6.45) is 0. The van der Waals surface area contributed by atoms with Crippen molar-refractivity contribution in [2.24, 2.45) is 0 Å². The van der Waals surface area contributed by atoms with Gasteiger partial charge in [-0.25, -0.2) is 0 Å². The summed E-state index contributed by atoms with van der Waals surface area (Å²) in [7, 11) is 1.59. The topological polar surface area (TPSA) is 41.1 Å². The van der Waals surface area contributed by atoms with E-state index in [1.807, 2.05) is 6.07 Å². The molecule has 0 aliphatic rings. The summed E-state index contributed by atoms with van der Waals surface area (Å²) in [6, 6.07) is 7.47. The van der Waals surface area contributed by atoms with E-state index in [4.69, 9.17) is 11.6 Å². The third-order valence-corrected chi connectivity index (χ3v) is 4.21. The van der Waals surface area contributed by atoms with Crippen molar-refractivity contribution >= 4 is 34.5 Å². The van der Waals surface area contributed by atoms with Gasteiger partial charge in [0, 0.05) is 24.2 Å². The van der Waals surface area contributed by atoms with Gasteiger partial charge >= 0.3 is 0 Å². The lowest BCUT2D eigenvalue weighted by Gasteiger charge is -2.09. The number of hydrogen-bond acceptors (Lipinski definition) is 3. The maximum atomic E-state index is 11.7. The fourth-order valence-electron chi connectivity index (χ4n) is 1.71. The van der Waals surface area contributed by atoms with Crippen LogP contribution in [0.1, 0.15) is 20.8 Å². The van der Waals surface area contributed by atoms with Crippen LogP contribution in [-0.2, 0) is 6.54 Å². The van der Waals surface area contributed by atoms with Crippen LogP contribution in [-0.4, -0.2) is 13.0 Å². The number of aryl methyl sites for hydroxylation is 1. The zero-order valence-electron chi connectivity index (χ0n) is 10.8. The molecule has 0 saturated heterocycles. The summed E-state index contributed by atoms with van der Waals surface area (Å²) < 4.78 is 0. The van der Waals surface area contributed by atoms with Crippen LogP contribution in [0.25, 0.3) is 0 Å². The third kappa shape index (κ3) is 3.28. The van der Waals surface area contributed by atoms with Crippen LogP contribution in [0.15, 0.2) is 29.6 Å². The van der Waals surface area contributed by atoms with Gasteiger partial charge in [-0.15, -0.1) is 11.3 Å². The predicted octanol–water partition coefficient (Wildman–Crippen LogP) is 3.68. The number of thiophene rings is 1. The number of nitrogens with one attached hydrogen (secondary N) is 2. The molecule has 1 amide bonds. The van der Waals surface area contributed by atoms with E-state index in [0.29, 0.717) is 10.6 Å². The fraction of sp³-hybridized carbons (Fsp3) is 0.214. The van der Waals surface area contributed by atoms with Gasteiger partial charge in [0.15, 0.2) is 0 Å². The molecule has 0 unspecified atom stereocenters. The van der Waals surface area contributed by atoms with E-state index in [2.05, 4.69) is 29.0 Å². The normalized spacial score (nSPS) is 10.3. The van der Waals surface area contributed by atoms with Crippen molar-refractivity contribution < 1.29 is 4.79 Å². The van der Waals surface area contributed by atoms with Crippen LogP contribution in [0.5, 0.6) is 0 Å². The lowest BCUT2D eigenvalue weighted by molar-refractivity contribution is 0.0963. The fourth-order valence-corrected chi connectivity index (χ4v) is 2.76. The van der Waals surface area contributed by atoms with Gasteiger partial charge in [-0.2, -0.15) is 0 Å². The summed E-state index contributed by atoms with van der Waals surface area (Å²) in [5.41, 5.74) is 2.64. The van der Waals surface area contributed by atoms with Crippen LogP contribution >= 0.6 is 22.9 Å². The monoisotopic (exact) mass is 294 g/mol. The SMILES string of the molecule is CNC(=O)c1cc(NCc2sccc2C)ccc1Cl. The number of anilines is 1. The molecule has 19 heavy (non-hydrogen) atoms. The highest BCUT2D eigenvalue weighted by Gasteiger charge is 2.09. The second-order valence-corrected chi connectivity index (χ2v) is 5.56. The Labute approximate surface area is 121 Å². The van der Waals surface area contributed by atoms with E-state index in [-0.39, 0.29) is 5.91 Å². The Morgan fingerprint density at radius 1 is 1.37 bits per heavy atom. The smallest absolute Gasteiger partial charge is 0.252 e. The molecule has 2 rings (SSSR count). The van der Waals surface area contributed by atoms with Gasteiger partial charge in [0.25, 0.3) is 5.91 Å². The third-order valence-electron chi connectivity index (χ3n) is 2.86. The number of benzene rings is 1. The summed E-state index contributed by atoms with van der Waals surface area (Å²) in [4.78, 5) is 12.9. The molecule has 100 valence electrons. The van der Waals surface area contributed by atoms with Crippen molar-refractivity contribution in [2.75, 3.05) is 12.4 Å². The molecule has 0 aliphatic carbocycles. The molecular weight excluding hydrogens is 280 g/mol. The number of carbonyl (C=O) groups is 1. The minimum atomic E-state index is -0.180. The van der Waals surface area contributed by atoms with E-state index in [1.165, 1.54) is 10.4 Å². The van der Waals surface area contributed by atoms with Gasteiger partial charge in [0.05, 0.1) is 10.6 Å². The molecule has 0 saturated carbocycles. The van der Waals surface area contributed by atoms with E-state index in [0.717, 1.165) is 12.2 Å². The zero-order valence-corrected chi connectivity index (χ0v) is 12.4.